The lowest BCUT2D eigenvalue weighted by molar-refractivity contribution is -0.120. The smallest absolute Gasteiger partial charge is 0.250 e. The Hall–Kier alpha value is -1.41. The average molecular weight is 370 g/mol. The number of halogens is 1. The second-order valence-corrected chi connectivity index (χ2v) is 9.85. The number of amides is 1. The zero-order valence-electron chi connectivity index (χ0n) is 13.7. The molecule has 5 nitrogen and oxygen atoms in total. The van der Waals surface area contributed by atoms with Crippen LogP contribution >= 0.6 is 11.8 Å². The highest BCUT2D eigenvalue weighted by Gasteiger charge is 2.49. The number of anilines is 1. The zero-order chi connectivity index (χ0) is 17.6. The maximum atomic E-state index is 14.0. The van der Waals surface area contributed by atoms with E-state index in [0.717, 1.165) is 0 Å². The van der Waals surface area contributed by atoms with Crippen LogP contribution in [0.2, 0.25) is 0 Å². The number of carbonyl (C=O) groups excluding carboxylic acids is 1. The first-order valence-electron chi connectivity index (χ1n) is 7.73. The Kier molecular flexibility index (Phi) is 4.46. The minimum absolute atomic E-state index is 0.00491. The summed E-state index contributed by atoms with van der Waals surface area (Å²) in [7, 11) is -3.13. The highest BCUT2D eigenvalue weighted by Crippen LogP contribution is 2.41. The highest BCUT2D eigenvalue weighted by atomic mass is 32.2. The van der Waals surface area contributed by atoms with Gasteiger partial charge in [-0.3, -0.25) is 4.79 Å². The first-order valence-corrected chi connectivity index (χ1v) is 10.4. The molecule has 2 fully saturated rings. The maximum absolute atomic E-state index is 14.0. The minimum Gasteiger partial charge on any atom is -0.315 e. The van der Waals surface area contributed by atoms with Gasteiger partial charge >= 0.3 is 0 Å². The molecule has 24 heavy (non-hydrogen) atoms. The molecule has 0 spiro atoms. The number of thioether (sulfide) groups is 1. The predicted molar refractivity (Wildman–Crippen MR) is 94.7 cm³/mol. The second-order valence-electron chi connectivity index (χ2n) is 6.49. The lowest BCUT2D eigenvalue weighted by atomic mass is 10.1. The normalized spacial score (nSPS) is 27.0. The molecule has 0 saturated carbocycles. The topological polar surface area (TPSA) is 66.8 Å². The summed E-state index contributed by atoms with van der Waals surface area (Å²) in [5.74, 6) is -0.829. The van der Waals surface area contributed by atoms with Gasteiger partial charge < -0.3 is 4.90 Å². The Labute approximate surface area is 145 Å². The van der Waals surface area contributed by atoms with Crippen molar-refractivity contribution in [3.8, 4) is 0 Å². The van der Waals surface area contributed by atoms with Crippen LogP contribution in [0.15, 0.2) is 23.2 Å². The van der Waals surface area contributed by atoms with Gasteiger partial charge in [0.05, 0.1) is 17.5 Å². The summed E-state index contributed by atoms with van der Waals surface area (Å²) in [6.45, 7) is 5.18. The van der Waals surface area contributed by atoms with Crippen molar-refractivity contribution in [3.63, 3.8) is 0 Å². The number of aryl methyl sites for hydroxylation is 1. The van der Waals surface area contributed by atoms with Gasteiger partial charge in [-0.05, 0) is 24.6 Å². The quantitative estimate of drug-likeness (QED) is 0.800. The molecule has 2 aliphatic rings. The average Bonchev–Trinajstić information content (AvgIpc) is 2.93. The van der Waals surface area contributed by atoms with Crippen LogP contribution in [0.5, 0.6) is 0 Å². The SMILES string of the molecule is Cc1ccc(N2C(=NC(=O)C(C)C)S[C@H]3CS(=O)(=O)C[C@H]32)cc1F. The van der Waals surface area contributed by atoms with Crippen molar-refractivity contribution in [1.82, 2.24) is 0 Å². The summed E-state index contributed by atoms with van der Waals surface area (Å²) in [6, 6.07) is 4.44. The molecule has 130 valence electrons. The van der Waals surface area contributed by atoms with E-state index < -0.39 is 9.84 Å². The van der Waals surface area contributed by atoms with Gasteiger partial charge in [0.25, 0.3) is 5.91 Å². The molecule has 8 heteroatoms. The van der Waals surface area contributed by atoms with E-state index in [4.69, 9.17) is 0 Å². The number of benzene rings is 1. The molecule has 2 saturated heterocycles. The van der Waals surface area contributed by atoms with Gasteiger partial charge in [0.2, 0.25) is 0 Å². The van der Waals surface area contributed by atoms with E-state index in [1.165, 1.54) is 17.8 Å². The third-order valence-corrected chi connectivity index (χ3v) is 7.41. The molecule has 0 N–H and O–H groups in total. The standard InChI is InChI=1S/C16H19FN2O3S2/c1-9(2)15(20)18-16-19(11-5-4-10(3)12(17)6-11)13-7-24(21,22)8-14(13)23-16/h4-6,9,13-14H,7-8H2,1-3H3/t13-,14+/m1/s1. The molecule has 0 aromatic heterocycles. The molecule has 2 aliphatic heterocycles. The van der Waals surface area contributed by atoms with Crippen molar-refractivity contribution >= 4 is 38.4 Å². The number of aliphatic imine (C=N–C) groups is 1. The number of hydrogen-bond acceptors (Lipinski definition) is 4. The number of nitrogens with zero attached hydrogens (tertiary/aromatic N) is 2. The van der Waals surface area contributed by atoms with Gasteiger partial charge in [0.15, 0.2) is 15.0 Å². The summed E-state index contributed by atoms with van der Waals surface area (Å²) in [5, 5.41) is 0.278. The lowest BCUT2D eigenvalue weighted by Gasteiger charge is -2.24. The van der Waals surface area contributed by atoms with Crippen molar-refractivity contribution in [2.24, 2.45) is 10.9 Å². The summed E-state index contributed by atoms with van der Waals surface area (Å²) in [6.07, 6.45) is 0. The van der Waals surface area contributed by atoms with E-state index in [2.05, 4.69) is 4.99 Å². The van der Waals surface area contributed by atoms with Gasteiger partial charge in [-0.15, -0.1) is 0 Å². The summed E-state index contributed by atoms with van der Waals surface area (Å²) >= 11 is 1.30. The molecule has 3 rings (SSSR count). The Morgan fingerprint density at radius 3 is 2.71 bits per heavy atom. The van der Waals surface area contributed by atoms with Crippen LogP contribution in [0.1, 0.15) is 19.4 Å². The molecule has 1 aromatic rings. The molecule has 2 heterocycles. The Morgan fingerprint density at radius 2 is 2.08 bits per heavy atom. The maximum Gasteiger partial charge on any atom is 0.250 e. The number of fused-ring (bicyclic) bond motifs is 1. The molecule has 2 atom stereocenters. The van der Waals surface area contributed by atoms with Gasteiger partial charge in [-0.25, -0.2) is 12.8 Å². The fraction of sp³-hybridized carbons (Fsp3) is 0.500. The van der Waals surface area contributed by atoms with Crippen molar-refractivity contribution in [1.29, 1.82) is 0 Å². The van der Waals surface area contributed by atoms with Crippen LogP contribution < -0.4 is 4.90 Å². The van der Waals surface area contributed by atoms with Crippen LogP contribution in [0.4, 0.5) is 10.1 Å². The van der Waals surface area contributed by atoms with Crippen LogP contribution in [0, 0.1) is 18.7 Å². The largest absolute Gasteiger partial charge is 0.315 e. The fourth-order valence-corrected chi connectivity index (χ4v) is 6.74. The van der Waals surface area contributed by atoms with Crippen molar-refractivity contribution in [2.75, 3.05) is 16.4 Å². The Morgan fingerprint density at radius 1 is 1.38 bits per heavy atom. The highest BCUT2D eigenvalue weighted by molar-refractivity contribution is 8.16. The first kappa shape index (κ1) is 17.4. The molecular weight excluding hydrogens is 351 g/mol. The number of carbonyl (C=O) groups is 1. The lowest BCUT2D eigenvalue weighted by Crippen LogP contribution is -2.38. The fourth-order valence-electron chi connectivity index (χ4n) is 2.82. The number of amidine groups is 1. The molecule has 1 amide bonds. The Bertz CT molecular complexity index is 821. The molecule has 0 aliphatic carbocycles. The van der Waals surface area contributed by atoms with Gasteiger partial charge in [-0.1, -0.05) is 31.7 Å². The summed E-state index contributed by atoms with van der Waals surface area (Å²) in [5.41, 5.74) is 1.04. The molecular formula is C16H19FN2O3S2. The van der Waals surface area contributed by atoms with Crippen molar-refractivity contribution in [3.05, 3.63) is 29.6 Å². The first-order chi connectivity index (χ1) is 11.2. The van der Waals surface area contributed by atoms with Crippen LogP contribution in [0.25, 0.3) is 0 Å². The number of hydrogen-bond donors (Lipinski definition) is 0. The molecule has 0 unspecified atom stereocenters. The monoisotopic (exact) mass is 370 g/mol. The van der Waals surface area contributed by atoms with E-state index in [1.807, 2.05) is 0 Å². The van der Waals surface area contributed by atoms with Crippen LogP contribution in [-0.2, 0) is 14.6 Å². The van der Waals surface area contributed by atoms with Gasteiger partial charge in [-0.2, -0.15) is 4.99 Å². The van der Waals surface area contributed by atoms with Crippen LogP contribution in [-0.4, -0.2) is 42.3 Å². The molecule has 0 bridgehead atoms. The molecule has 0 radical (unpaired) electrons. The van der Waals surface area contributed by atoms with E-state index >= 15 is 0 Å². The van der Waals surface area contributed by atoms with E-state index in [-0.39, 0.29) is 40.4 Å². The van der Waals surface area contributed by atoms with Gasteiger partial charge in [0.1, 0.15) is 5.82 Å². The third-order valence-electron chi connectivity index (χ3n) is 4.20. The second kappa shape index (κ2) is 6.15. The zero-order valence-corrected chi connectivity index (χ0v) is 15.3. The van der Waals surface area contributed by atoms with Crippen molar-refractivity contribution in [2.45, 2.75) is 32.1 Å². The molecule has 1 aromatic carbocycles. The van der Waals surface area contributed by atoms with E-state index in [1.54, 1.807) is 37.8 Å². The summed E-state index contributed by atoms with van der Waals surface area (Å²) in [4.78, 5) is 17.9. The van der Waals surface area contributed by atoms with Crippen molar-refractivity contribution < 1.29 is 17.6 Å². The Balaban J connectivity index is 2.04. The summed E-state index contributed by atoms with van der Waals surface area (Å²) < 4.78 is 37.9. The third kappa shape index (κ3) is 3.21. The van der Waals surface area contributed by atoms with Gasteiger partial charge in [0, 0.05) is 16.9 Å². The predicted octanol–water partition coefficient (Wildman–Crippen LogP) is 2.39. The number of sulfone groups is 1. The number of rotatable bonds is 2. The minimum atomic E-state index is -3.13. The van der Waals surface area contributed by atoms with Crippen LogP contribution in [0.3, 0.4) is 0 Å². The van der Waals surface area contributed by atoms with E-state index in [0.29, 0.717) is 16.4 Å². The van der Waals surface area contributed by atoms with E-state index in [9.17, 15) is 17.6 Å².